The fourth-order valence-electron chi connectivity index (χ4n) is 2.98. The minimum Gasteiger partial charge on any atom is -0.444 e. The second kappa shape index (κ2) is 6.12. The van der Waals surface area contributed by atoms with Crippen molar-refractivity contribution in [2.24, 2.45) is 11.8 Å². The van der Waals surface area contributed by atoms with E-state index in [9.17, 15) is 4.79 Å². The van der Waals surface area contributed by atoms with Gasteiger partial charge in [0, 0.05) is 12.6 Å². The van der Waals surface area contributed by atoms with Crippen LogP contribution in [0.25, 0.3) is 0 Å². The van der Waals surface area contributed by atoms with Crippen LogP contribution >= 0.6 is 0 Å². The molecule has 0 aromatic carbocycles. The van der Waals surface area contributed by atoms with Crippen LogP contribution in [-0.2, 0) is 4.74 Å². The third-order valence-electron chi connectivity index (χ3n) is 4.19. The van der Waals surface area contributed by atoms with Crippen molar-refractivity contribution in [1.29, 1.82) is 0 Å². The Morgan fingerprint density at radius 3 is 2.63 bits per heavy atom. The molecule has 0 unspecified atom stereocenters. The predicted octanol–water partition coefficient (Wildman–Crippen LogP) is 2.68. The molecule has 0 aromatic rings. The highest BCUT2D eigenvalue weighted by atomic mass is 16.6. The van der Waals surface area contributed by atoms with Gasteiger partial charge in [-0.2, -0.15) is 0 Å². The average molecular weight is 268 g/mol. The summed E-state index contributed by atoms with van der Waals surface area (Å²) in [7, 11) is 0. The lowest BCUT2D eigenvalue weighted by molar-refractivity contribution is 0.0462. The summed E-state index contributed by atoms with van der Waals surface area (Å²) < 4.78 is 5.36. The molecule has 1 aliphatic carbocycles. The van der Waals surface area contributed by atoms with Crippen LogP contribution in [0.2, 0.25) is 0 Å². The molecule has 19 heavy (non-hydrogen) atoms. The van der Waals surface area contributed by atoms with Gasteiger partial charge in [-0.1, -0.05) is 19.3 Å². The van der Waals surface area contributed by atoms with E-state index >= 15 is 0 Å². The molecule has 2 fully saturated rings. The Bertz CT molecular complexity index is 308. The maximum Gasteiger partial charge on any atom is 0.407 e. The molecule has 0 bridgehead atoms. The monoisotopic (exact) mass is 268 g/mol. The van der Waals surface area contributed by atoms with Crippen LogP contribution in [0.15, 0.2) is 0 Å². The number of carbonyl (C=O) groups is 1. The van der Waals surface area contributed by atoms with E-state index in [1.165, 1.54) is 25.7 Å². The molecule has 0 aromatic heterocycles. The molecule has 2 aliphatic rings. The number of carbonyl (C=O) groups excluding carboxylic acids is 1. The fraction of sp³-hybridized carbons (Fsp3) is 0.933. The average Bonchev–Trinajstić information content (AvgIpc) is 2.22. The van der Waals surface area contributed by atoms with Crippen LogP contribution in [-0.4, -0.2) is 30.8 Å². The van der Waals surface area contributed by atoms with Gasteiger partial charge in [-0.15, -0.1) is 0 Å². The molecule has 2 atom stereocenters. The number of ether oxygens (including phenoxy) is 1. The minimum absolute atomic E-state index is 0.226. The standard InChI is InChI=1S/C15H28N2O2/c1-15(2,3)19-14(18)17-13-10-16-8-7-12(13)9-11-5-4-6-11/h11-13,16H,4-10H2,1-3H3,(H,17,18)/t12-,13+/m0/s1. The highest BCUT2D eigenvalue weighted by molar-refractivity contribution is 5.68. The van der Waals surface area contributed by atoms with Gasteiger partial charge in [0.1, 0.15) is 5.60 Å². The maximum absolute atomic E-state index is 11.9. The van der Waals surface area contributed by atoms with Gasteiger partial charge >= 0.3 is 6.09 Å². The van der Waals surface area contributed by atoms with Crippen molar-refractivity contribution in [2.75, 3.05) is 13.1 Å². The quantitative estimate of drug-likeness (QED) is 0.827. The summed E-state index contributed by atoms with van der Waals surface area (Å²) in [6.07, 6.45) is 6.30. The Balaban J connectivity index is 1.82. The van der Waals surface area contributed by atoms with Crippen molar-refractivity contribution in [3.63, 3.8) is 0 Å². The highest BCUT2D eigenvalue weighted by Gasteiger charge is 2.31. The molecule has 1 saturated carbocycles. The van der Waals surface area contributed by atoms with E-state index in [2.05, 4.69) is 10.6 Å². The number of hydrogen-bond donors (Lipinski definition) is 2. The maximum atomic E-state index is 11.9. The van der Waals surface area contributed by atoms with E-state index in [1.54, 1.807) is 0 Å². The minimum atomic E-state index is -0.421. The normalized spacial score (nSPS) is 28.6. The smallest absolute Gasteiger partial charge is 0.407 e. The Labute approximate surface area is 116 Å². The van der Waals surface area contributed by atoms with Gasteiger partial charge in [0.25, 0.3) is 0 Å². The van der Waals surface area contributed by atoms with Crippen molar-refractivity contribution in [2.45, 2.75) is 64.5 Å². The molecular weight excluding hydrogens is 240 g/mol. The zero-order valence-corrected chi connectivity index (χ0v) is 12.5. The SMILES string of the molecule is CC(C)(C)OC(=O)N[C@@H]1CNCC[C@H]1CC1CCC1. The molecule has 1 heterocycles. The summed E-state index contributed by atoms with van der Waals surface area (Å²) in [5.74, 6) is 1.50. The Hall–Kier alpha value is -0.770. The summed E-state index contributed by atoms with van der Waals surface area (Å²) in [6.45, 7) is 7.65. The molecule has 1 saturated heterocycles. The third kappa shape index (κ3) is 4.68. The highest BCUT2D eigenvalue weighted by Crippen LogP contribution is 2.34. The number of hydrogen-bond acceptors (Lipinski definition) is 3. The van der Waals surface area contributed by atoms with Crippen molar-refractivity contribution in [3.05, 3.63) is 0 Å². The van der Waals surface area contributed by atoms with E-state index in [0.717, 1.165) is 25.4 Å². The van der Waals surface area contributed by atoms with Crippen LogP contribution < -0.4 is 10.6 Å². The van der Waals surface area contributed by atoms with E-state index in [-0.39, 0.29) is 12.1 Å². The van der Waals surface area contributed by atoms with Crippen molar-refractivity contribution in [3.8, 4) is 0 Å². The number of amides is 1. The molecule has 2 N–H and O–H groups in total. The molecule has 0 radical (unpaired) electrons. The number of piperidine rings is 1. The molecule has 4 heteroatoms. The molecule has 1 aliphatic heterocycles. The number of alkyl carbamates (subject to hydrolysis) is 1. The van der Waals surface area contributed by atoms with E-state index in [1.807, 2.05) is 20.8 Å². The third-order valence-corrected chi connectivity index (χ3v) is 4.19. The van der Waals surface area contributed by atoms with Crippen LogP contribution in [0.4, 0.5) is 4.79 Å². The van der Waals surface area contributed by atoms with E-state index < -0.39 is 5.60 Å². The van der Waals surface area contributed by atoms with Crippen LogP contribution in [0, 0.1) is 11.8 Å². The second-order valence-electron chi connectivity index (χ2n) is 7.04. The lowest BCUT2D eigenvalue weighted by atomic mass is 9.75. The van der Waals surface area contributed by atoms with Gasteiger partial charge in [-0.05, 0) is 52.0 Å². The summed E-state index contributed by atoms with van der Waals surface area (Å²) in [5, 5.41) is 6.43. The second-order valence-corrected chi connectivity index (χ2v) is 7.04. The van der Waals surface area contributed by atoms with Crippen LogP contribution in [0.3, 0.4) is 0 Å². The van der Waals surface area contributed by atoms with Gasteiger partial charge in [-0.3, -0.25) is 0 Å². The lowest BCUT2D eigenvalue weighted by Crippen LogP contribution is -2.52. The first kappa shape index (κ1) is 14.6. The predicted molar refractivity (Wildman–Crippen MR) is 76.1 cm³/mol. The molecular formula is C15H28N2O2. The summed E-state index contributed by atoms with van der Waals surface area (Å²) >= 11 is 0. The Morgan fingerprint density at radius 1 is 1.32 bits per heavy atom. The van der Waals surface area contributed by atoms with Crippen molar-refractivity contribution in [1.82, 2.24) is 10.6 Å². The number of nitrogens with one attached hydrogen (secondary N) is 2. The Morgan fingerprint density at radius 2 is 2.05 bits per heavy atom. The van der Waals surface area contributed by atoms with Gasteiger partial charge in [0.05, 0.1) is 0 Å². The van der Waals surface area contributed by atoms with Crippen LogP contribution in [0.1, 0.15) is 52.9 Å². The fourth-order valence-corrected chi connectivity index (χ4v) is 2.98. The molecule has 110 valence electrons. The summed E-state index contributed by atoms with van der Waals surface area (Å²) in [5.41, 5.74) is -0.421. The van der Waals surface area contributed by atoms with E-state index in [4.69, 9.17) is 4.74 Å². The summed E-state index contributed by atoms with van der Waals surface area (Å²) in [6, 6.07) is 0.226. The molecule has 4 nitrogen and oxygen atoms in total. The molecule has 0 spiro atoms. The first-order valence-corrected chi connectivity index (χ1v) is 7.64. The largest absolute Gasteiger partial charge is 0.444 e. The van der Waals surface area contributed by atoms with Crippen molar-refractivity contribution >= 4 is 6.09 Å². The Kier molecular flexibility index (Phi) is 4.71. The van der Waals surface area contributed by atoms with Crippen molar-refractivity contribution < 1.29 is 9.53 Å². The zero-order valence-electron chi connectivity index (χ0n) is 12.5. The van der Waals surface area contributed by atoms with E-state index in [0.29, 0.717) is 5.92 Å². The zero-order chi connectivity index (χ0) is 13.9. The molecule has 1 amide bonds. The van der Waals surface area contributed by atoms with Gasteiger partial charge in [0.15, 0.2) is 0 Å². The summed E-state index contributed by atoms with van der Waals surface area (Å²) in [4.78, 5) is 11.9. The number of rotatable bonds is 3. The lowest BCUT2D eigenvalue weighted by Gasteiger charge is -2.37. The van der Waals surface area contributed by atoms with Gasteiger partial charge in [0.2, 0.25) is 0 Å². The molecule has 2 rings (SSSR count). The van der Waals surface area contributed by atoms with Gasteiger partial charge in [-0.25, -0.2) is 4.79 Å². The first-order chi connectivity index (χ1) is 8.94. The topological polar surface area (TPSA) is 50.4 Å². The van der Waals surface area contributed by atoms with Crippen LogP contribution in [0.5, 0.6) is 0 Å². The van der Waals surface area contributed by atoms with Gasteiger partial charge < -0.3 is 15.4 Å². The first-order valence-electron chi connectivity index (χ1n) is 7.64.